The number of oxime groups is 1. The van der Waals surface area contributed by atoms with Gasteiger partial charge in [-0.3, -0.25) is 4.90 Å². The van der Waals surface area contributed by atoms with E-state index in [-0.39, 0.29) is 0 Å². The highest BCUT2D eigenvalue weighted by atomic mass is 16.4. The molecule has 1 heterocycles. The molecule has 0 aromatic heterocycles. The normalized spacial score (nSPS) is 19.0. The Morgan fingerprint density at radius 3 is 2.56 bits per heavy atom. The van der Waals surface area contributed by atoms with Crippen LogP contribution >= 0.6 is 0 Å². The third-order valence-corrected chi connectivity index (χ3v) is 3.58. The van der Waals surface area contributed by atoms with Crippen molar-refractivity contribution in [3.05, 3.63) is 35.9 Å². The smallest absolute Gasteiger partial charge is 0.139 e. The van der Waals surface area contributed by atoms with E-state index in [1.165, 1.54) is 5.56 Å². The summed E-state index contributed by atoms with van der Waals surface area (Å²) in [4.78, 5) is 2.47. The first-order valence-corrected chi connectivity index (χ1v) is 6.50. The molecule has 3 N–H and O–H groups in total. The first-order chi connectivity index (χ1) is 8.78. The Balaban J connectivity index is 1.77. The monoisotopic (exact) mass is 247 g/mol. The second-order valence-electron chi connectivity index (χ2n) is 5.00. The highest BCUT2D eigenvalue weighted by Gasteiger charge is 2.20. The molecular formula is C14H21N3O. The molecule has 0 unspecified atom stereocenters. The van der Waals surface area contributed by atoms with E-state index in [0.717, 1.165) is 38.9 Å². The van der Waals surface area contributed by atoms with Gasteiger partial charge >= 0.3 is 0 Å². The summed E-state index contributed by atoms with van der Waals surface area (Å²) in [6.45, 7) is 3.22. The molecule has 0 bridgehead atoms. The average molecular weight is 247 g/mol. The molecule has 0 amide bonds. The van der Waals surface area contributed by atoms with E-state index < -0.39 is 0 Å². The van der Waals surface area contributed by atoms with E-state index in [4.69, 9.17) is 10.9 Å². The van der Waals surface area contributed by atoms with Crippen LogP contribution in [0.5, 0.6) is 0 Å². The Morgan fingerprint density at radius 1 is 1.28 bits per heavy atom. The second-order valence-corrected chi connectivity index (χ2v) is 5.00. The average Bonchev–Trinajstić information content (AvgIpc) is 2.42. The summed E-state index contributed by atoms with van der Waals surface area (Å²) in [6.07, 6.45) is 2.97. The maximum absolute atomic E-state index is 8.56. The van der Waals surface area contributed by atoms with Gasteiger partial charge in [-0.1, -0.05) is 35.5 Å². The summed E-state index contributed by atoms with van der Waals surface area (Å²) >= 11 is 0. The maximum Gasteiger partial charge on any atom is 0.139 e. The molecule has 0 radical (unpaired) electrons. The number of amidine groups is 1. The quantitative estimate of drug-likeness (QED) is 0.370. The summed E-state index contributed by atoms with van der Waals surface area (Å²) < 4.78 is 0. The van der Waals surface area contributed by atoms with E-state index >= 15 is 0 Å². The molecule has 0 atom stereocenters. The SMILES string of the molecule is N/C(CC1CCN(Cc2ccccc2)CC1)=N\O. The maximum atomic E-state index is 8.56. The Morgan fingerprint density at radius 2 is 1.94 bits per heavy atom. The van der Waals surface area contributed by atoms with Gasteiger partial charge < -0.3 is 10.9 Å². The van der Waals surface area contributed by atoms with Crippen LogP contribution in [0.25, 0.3) is 0 Å². The van der Waals surface area contributed by atoms with E-state index in [2.05, 4.69) is 34.3 Å². The third kappa shape index (κ3) is 3.74. The molecule has 2 rings (SSSR count). The van der Waals surface area contributed by atoms with Crippen LogP contribution in [0.1, 0.15) is 24.8 Å². The van der Waals surface area contributed by atoms with Gasteiger partial charge in [-0.25, -0.2) is 0 Å². The van der Waals surface area contributed by atoms with Gasteiger partial charge in [0.2, 0.25) is 0 Å². The molecule has 0 saturated carbocycles. The minimum atomic E-state index is 0.358. The highest BCUT2D eigenvalue weighted by Crippen LogP contribution is 2.21. The summed E-state index contributed by atoms with van der Waals surface area (Å²) in [5.74, 6) is 0.921. The Bertz CT molecular complexity index is 383. The molecule has 98 valence electrons. The van der Waals surface area contributed by atoms with Crippen LogP contribution in [0, 0.1) is 5.92 Å². The van der Waals surface area contributed by atoms with Crippen LogP contribution in [0.2, 0.25) is 0 Å². The zero-order valence-electron chi connectivity index (χ0n) is 10.6. The first kappa shape index (κ1) is 12.9. The molecule has 1 aliphatic rings. The van der Waals surface area contributed by atoms with Crippen molar-refractivity contribution in [2.45, 2.75) is 25.8 Å². The lowest BCUT2D eigenvalue weighted by Gasteiger charge is -2.31. The summed E-state index contributed by atoms with van der Waals surface area (Å²) in [5, 5.41) is 11.6. The number of hydrogen-bond acceptors (Lipinski definition) is 3. The van der Waals surface area contributed by atoms with Crippen molar-refractivity contribution in [2.75, 3.05) is 13.1 Å². The van der Waals surface area contributed by atoms with Gasteiger partial charge in [0.05, 0.1) is 0 Å². The predicted molar refractivity (Wildman–Crippen MR) is 72.5 cm³/mol. The standard InChI is InChI=1S/C14H21N3O/c15-14(16-18)10-12-6-8-17(9-7-12)11-13-4-2-1-3-5-13/h1-5,12,18H,6-11H2,(H2,15,16). The molecule has 1 aromatic rings. The summed E-state index contributed by atoms with van der Waals surface area (Å²) in [5.41, 5.74) is 6.92. The van der Waals surface area contributed by atoms with Gasteiger partial charge in [0.15, 0.2) is 0 Å². The topological polar surface area (TPSA) is 61.8 Å². The molecule has 0 aliphatic carbocycles. The number of benzene rings is 1. The summed E-state index contributed by atoms with van der Waals surface area (Å²) in [7, 11) is 0. The van der Waals surface area contributed by atoms with Gasteiger partial charge in [0.1, 0.15) is 5.84 Å². The summed E-state index contributed by atoms with van der Waals surface area (Å²) in [6, 6.07) is 10.6. The van der Waals surface area contributed by atoms with E-state index in [1.54, 1.807) is 0 Å². The van der Waals surface area contributed by atoms with Crippen molar-refractivity contribution in [3.8, 4) is 0 Å². The first-order valence-electron chi connectivity index (χ1n) is 6.50. The number of likely N-dealkylation sites (tertiary alicyclic amines) is 1. The van der Waals surface area contributed by atoms with E-state index in [0.29, 0.717) is 11.8 Å². The van der Waals surface area contributed by atoms with Gasteiger partial charge in [-0.05, 0) is 37.4 Å². The van der Waals surface area contributed by atoms with Crippen molar-refractivity contribution < 1.29 is 5.21 Å². The Kier molecular flexibility index (Phi) is 4.59. The number of hydrogen-bond donors (Lipinski definition) is 2. The minimum absolute atomic E-state index is 0.358. The van der Waals surface area contributed by atoms with Crippen molar-refractivity contribution in [3.63, 3.8) is 0 Å². The lowest BCUT2D eigenvalue weighted by atomic mass is 9.93. The van der Waals surface area contributed by atoms with Crippen LogP contribution in [0.4, 0.5) is 0 Å². The zero-order valence-corrected chi connectivity index (χ0v) is 10.6. The third-order valence-electron chi connectivity index (χ3n) is 3.58. The molecule has 1 aliphatic heterocycles. The van der Waals surface area contributed by atoms with Gasteiger partial charge in [-0.2, -0.15) is 0 Å². The van der Waals surface area contributed by atoms with Crippen LogP contribution in [-0.4, -0.2) is 29.0 Å². The molecule has 4 heteroatoms. The van der Waals surface area contributed by atoms with Crippen LogP contribution < -0.4 is 5.73 Å². The fourth-order valence-corrected chi connectivity index (χ4v) is 2.53. The molecule has 1 aromatic carbocycles. The lowest BCUT2D eigenvalue weighted by Crippen LogP contribution is -2.34. The number of rotatable bonds is 4. The van der Waals surface area contributed by atoms with Crippen LogP contribution in [0.15, 0.2) is 35.5 Å². The van der Waals surface area contributed by atoms with Gasteiger partial charge in [0, 0.05) is 13.0 Å². The zero-order chi connectivity index (χ0) is 12.8. The van der Waals surface area contributed by atoms with Crippen molar-refractivity contribution in [1.29, 1.82) is 0 Å². The van der Waals surface area contributed by atoms with E-state index in [9.17, 15) is 0 Å². The molecule has 4 nitrogen and oxygen atoms in total. The Labute approximate surface area is 108 Å². The Hall–Kier alpha value is -1.55. The van der Waals surface area contributed by atoms with Crippen molar-refractivity contribution in [1.82, 2.24) is 4.90 Å². The predicted octanol–water partition coefficient (Wildman–Crippen LogP) is 2.04. The number of nitrogens with two attached hydrogens (primary N) is 1. The number of nitrogens with zero attached hydrogens (tertiary/aromatic N) is 2. The van der Waals surface area contributed by atoms with Crippen molar-refractivity contribution in [2.24, 2.45) is 16.8 Å². The molecule has 0 spiro atoms. The molecule has 18 heavy (non-hydrogen) atoms. The van der Waals surface area contributed by atoms with Gasteiger partial charge in [0.25, 0.3) is 0 Å². The van der Waals surface area contributed by atoms with Gasteiger partial charge in [-0.15, -0.1) is 0 Å². The lowest BCUT2D eigenvalue weighted by molar-refractivity contribution is 0.179. The second kappa shape index (κ2) is 6.40. The van der Waals surface area contributed by atoms with Crippen molar-refractivity contribution >= 4 is 5.84 Å². The molecule has 1 fully saturated rings. The fraction of sp³-hybridized carbons (Fsp3) is 0.500. The minimum Gasteiger partial charge on any atom is -0.409 e. The molecular weight excluding hydrogens is 226 g/mol. The highest BCUT2D eigenvalue weighted by molar-refractivity contribution is 5.79. The fourth-order valence-electron chi connectivity index (χ4n) is 2.53. The molecule has 1 saturated heterocycles. The van der Waals surface area contributed by atoms with Crippen LogP contribution in [-0.2, 0) is 6.54 Å². The van der Waals surface area contributed by atoms with Crippen LogP contribution in [0.3, 0.4) is 0 Å². The van der Waals surface area contributed by atoms with E-state index in [1.807, 2.05) is 6.07 Å². The number of piperidine rings is 1. The largest absolute Gasteiger partial charge is 0.409 e.